The molecule has 0 radical (unpaired) electrons. The lowest BCUT2D eigenvalue weighted by molar-refractivity contribution is 0.401. The summed E-state index contributed by atoms with van der Waals surface area (Å²) >= 11 is 4.19. The quantitative estimate of drug-likeness (QED) is 0.373. The average molecular weight is 220 g/mol. The first-order valence-corrected chi connectivity index (χ1v) is 9.03. The van der Waals surface area contributed by atoms with Gasteiger partial charge in [0.25, 0.3) is 0 Å². The molecule has 0 fully saturated rings. The van der Waals surface area contributed by atoms with E-state index < -0.39 is 8.32 Å². The molecule has 80 valence electrons. The van der Waals surface area contributed by atoms with Crippen LogP contribution in [0.3, 0.4) is 0 Å². The largest absolute Gasteiger partial charge is 0.420 e. The summed E-state index contributed by atoms with van der Waals surface area (Å²) in [5, 5.41) is 0. The summed E-state index contributed by atoms with van der Waals surface area (Å²) in [5.41, 5.74) is 0. The van der Waals surface area contributed by atoms with Crippen LogP contribution in [-0.4, -0.2) is 21.2 Å². The molecular weight excluding hydrogens is 196 g/mol. The van der Waals surface area contributed by atoms with Crippen LogP contribution in [0.1, 0.15) is 32.1 Å². The standard InChI is InChI=1S/C10H24OSSi/c1-11-13(2,3)10-8-6-4-5-7-9-12/h12H,4-10H2,1-3H3. The topological polar surface area (TPSA) is 9.23 Å². The molecule has 0 saturated carbocycles. The molecule has 3 heteroatoms. The number of thiol groups is 1. The summed E-state index contributed by atoms with van der Waals surface area (Å²) in [6, 6.07) is 1.31. The maximum absolute atomic E-state index is 5.49. The summed E-state index contributed by atoms with van der Waals surface area (Å²) in [5.74, 6) is 1.04. The van der Waals surface area contributed by atoms with Crippen molar-refractivity contribution in [2.45, 2.75) is 51.2 Å². The first-order valence-electron chi connectivity index (χ1n) is 5.28. The smallest absolute Gasteiger partial charge is 0.186 e. The third-order valence-corrected chi connectivity index (χ3v) is 5.47. The summed E-state index contributed by atoms with van der Waals surface area (Å²) in [6.45, 7) is 4.58. The van der Waals surface area contributed by atoms with Crippen molar-refractivity contribution in [1.82, 2.24) is 0 Å². The van der Waals surface area contributed by atoms with Crippen LogP contribution in [0.5, 0.6) is 0 Å². The molecular formula is C10H24OSSi. The summed E-state index contributed by atoms with van der Waals surface area (Å²) in [4.78, 5) is 0. The Morgan fingerprint density at radius 3 is 2.08 bits per heavy atom. The maximum atomic E-state index is 5.49. The second-order valence-corrected chi connectivity index (χ2v) is 9.08. The van der Waals surface area contributed by atoms with E-state index in [4.69, 9.17) is 4.43 Å². The van der Waals surface area contributed by atoms with Crippen LogP contribution in [0.25, 0.3) is 0 Å². The van der Waals surface area contributed by atoms with Crippen LogP contribution in [0.15, 0.2) is 0 Å². The number of hydrogen-bond donors (Lipinski definition) is 1. The highest BCUT2D eigenvalue weighted by Crippen LogP contribution is 2.15. The molecule has 1 nitrogen and oxygen atoms in total. The first-order chi connectivity index (χ1) is 6.12. The molecule has 0 unspecified atom stereocenters. The van der Waals surface area contributed by atoms with Crippen molar-refractivity contribution < 1.29 is 4.43 Å². The Kier molecular flexibility index (Phi) is 8.21. The zero-order valence-electron chi connectivity index (χ0n) is 9.31. The van der Waals surface area contributed by atoms with Gasteiger partial charge in [-0.15, -0.1) is 0 Å². The van der Waals surface area contributed by atoms with Gasteiger partial charge < -0.3 is 4.43 Å². The summed E-state index contributed by atoms with van der Waals surface area (Å²) in [6.07, 6.45) is 6.70. The Labute approximate surface area is 89.8 Å². The van der Waals surface area contributed by atoms with Crippen molar-refractivity contribution in [2.24, 2.45) is 0 Å². The van der Waals surface area contributed by atoms with E-state index in [1.807, 2.05) is 7.11 Å². The SMILES string of the molecule is CO[Si](C)(C)CCCCCCCS. The molecule has 0 saturated heterocycles. The molecule has 13 heavy (non-hydrogen) atoms. The van der Waals surface area contributed by atoms with Crippen LogP contribution in [0.2, 0.25) is 19.1 Å². The average Bonchev–Trinajstić information content (AvgIpc) is 2.11. The van der Waals surface area contributed by atoms with Crippen molar-refractivity contribution in [2.75, 3.05) is 12.9 Å². The number of hydrogen-bond acceptors (Lipinski definition) is 2. The molecule has 0 atom stereocenters. The highest BCUT2D eigenvalue weighted by molar-refractivity contribution is 7.80. The van der Waals surface area contributed by atoms with Crippen molar-refractivity contribution in [3.05, 3.63) is 0 Å². The molecule has 0 heterocycles. The van der Waals surface area contributed by atoms with Gasteiger partial charge in [0.1, 0.15) is 0 Å². The van der Waals surface area contributed by atoms with Gasteiger partial charge in [-0.05, 0) is 31.3 Å². The second-order valence-electron chi connectivity index (χ2n) is 4.21. The summed E-state index contributed by atoms with van der Waals surface area (Å²) < 4.78 is 5.49. The van der Waals surface area contributed by atoms with E-state index >= 15 is 0 Å². The van der Waals surface area contributed by atoms with Crippen molar-refractivity contribution in [1.29, 1.82) is 0 Å². The predicted octanol–water partition coefficient (Wildman–Crippen LogP) is 3.72. The third-order valence-electron chi connectivity index (χ3n) is 2.49. The van der Waals surface area contributed by atoms with Gasteiger partial charge in [0.2, 0.25) is 0 Å². The van der Waals surface area contributed by atoms with Crippen LogP contribution in [0.4, 0.5) is 0 Å². The zero-order chi connectivity index (χ0) is 10.2. The van der Waals surface area contributed by atoms with E-state index in [2.05, 4.69) is 25.7 Å². The predicted molar refractivity (Wildman–Crippen MR) is 66.2 cm³/mol. The molecule has 0 aliphatic carbocycles. The fourth-order valence-electron chi connectivity index (χ4n) is 1.29. The minimum absolute atomic E-state index is 1.04. The fraction of sp³-hybridized carbons (Fsp3) is 1.00. The Bertz CT molecular complexity index is 117. The van der Waals surface area contributed by atoms with Crippen LogP contribution >= 0.6 is 12.6 Å². The lowest BCUT2D eigenvalue weighted by atomic mass is 10.2. The molecule has 0 amide bonds. The monoisotopic (exact) mass is 220 g/mol. The Balaban J connectivity index is 3.16. The van der Waals surface area contributed by atoms with Crippen LogP contribution < -0.4 is 0 Å². The van der Waals surface area contributed by atoms with Gasteiger partial charge in [0.05, 0.1) is 0 Å². The van der Waals surface area contributed by atoms with Crippen molar-refractivity contribution >= 4 is 20.9 Å². The van der Waals surface area contributed by atoms with Gasteiger partial charge >= 0.3 is 0 Å². The Hall–Kier alpha value is 0.527. The third kappa shape index (κ3) is 8.85. The number of rotatable bonds is 8. The van der Waals surface area contributed by atoms with E-state index in [0.29, 0.717) is 0 Å². The highest BCUT2D eigenvalue weighted by Gasteiger charge is 2.18. The zero-order valence-corrected chi connectivity index (χ0v) is 11.2. The molecule has 0 aromatic carbocycles. The molecule has 0 aromatic rings. The van der Waals surface area contributed by atoms with Crippen LogP contribution in [-0.2, 0) is 4.43 Å². The van der Waals surface area contributed by atoms with Gasteiger partial charge in [0.15, 0.2) is 8.32 Å². The Morgan fingerprint density at radius 1 is 1.00 bits per heavy atom. The van der Waals surface area contributed by atoms with Crippen LogP contribution in [0, 0.1) is 0 Å². The number of unbranched alkanes of at least 4 members (excludes halogenated alkanes) is 4. The molecule has 0 spiro atoms. The molecule has 0 bridgehead atoms. The van der Waals surface area contributed by atoms with Gasteiger partial charge in [0, 0.05) is 7.11 Å². The minimum Gasteiger partial charge on any atom is -0.420 e. The van der Waals surface area contributed by atoms with E-state index in [1.165, 1.54) is 38.1 Å². The second kappa shape index (κ2) is 7.89. The molecule has 0 aliphatic rings. The maximum Gasteiger partial charge on any atom is 0.186 e. The molecule has 0 aromatic heterocycles. The minimum atomic E-state index is -1.26. The van der Waals surface area contributed by atoms with Gasteiger partial charge in [-0.3, -0.25) is 0 Å². The summed E-state index contributed by atoms with van der Waals surface area (Å²) in [7, 11) is 0.593. The van der Waals surface area contributed by atoms with E-state index in [1.54, 1.807) is 0 Å². The Morgan fingerprint density at radius 2 is 1.54 bits per heavy atom. The molecule has 0 N–H and O–H groups in total. The van der Waals surface area contributed by atoms with Gasteiger partial charge in [-0.1, -0.05) is 25.7 Å². The normalized spacial score (nSPS) is 12.0. The lowest BCUT2D eigenvalue weighted by Gasteiger charge is -2.19. The lowest BCUT2D eigenvalue weighted by Crippen LogP contribution is -2.27. The van der Waals surface area contributed by atoms with Gasteiger partial charge in [-0.2, -0.15) is 12.6 Å². The first kappa shape index (κ1) is 13.5. The fourth-order valence-corrected chi connectivity index (χ4v) is 2.82. The highest BCUT2D eigenvalue weighted by atomic mass is 32.1. The van der Waals surface area contributed by atoms with Crippen molar-refractivity contribution in [3.63, 3.8) is 0 Å². The van der Waals surface area contributed by atoms with E-state index in [0.717, 1.165) is 5.75 Å². The molecule has 0 rings (SSSR count). The van der Waals surface area contributed by atoms with Gasteiger partial charge in [-0.25, -0.2) is 0 Å². The molecule has 0 aliphatic heterocycles. The van der Waals surface area contributed by atoms with E-state index in [9.17, 15) is 0 Å². The van der Waals surface area contributed by atoms with Crippen molar-refractivity contribution in [3.8, 4) is 0 Å². The van der Waals surface area contributed by atoms with E-state index in [-0.39, 0.29) is 0 Å².